The highest BCUT2D eigenvalue weighted by atomic mass is 32.2. The molecular formula is C22H32N2O7S. The molecule has 3 rings (SSSR count). The van der Waals surface area contributed by atoms with E-state index in [0.29, 0.717) is 24.6 Å². The lowest BCUT2D eigenvalue weighted by atomic mass is 10.0. The van der Waals surface area contributed by atoms with Crippen molar-refractivity contribution in [1.29, 1.82) is 0 Å². The number of hydrogen-bond donors (Lipinski definition) is 2. The van der Waals surface area contributed by atoms with Gasteiger partial charge < -0.3 is 24.6 Å². The molecule has 1 saturated carbocycles. The van der Waals surface area contributed by atoms with E-state index in [1.165, 1.54) is 23.5 Å². The summed E-state index contributed by atoms with van der Waals surface area (Å²) < 4.78 is 43.6. The number of carbonyl (C=O) groups is 1. The Hall–Kier alpha value is -2.14. The average molecular weight is 469 g/mol. The first-order valence-electron chi connectivity index (χ1n) is 10.9. The van der Waals surface area contributed by atoms with E-state index in [1.807, 2.05) is 6.92 Å². The molecule has 0 radical (unpaired) electrons. The Morgan fingerprint density at radius 1 is 1.25 bits per heavy atom. The maximum atomic E-state index is 13.0. The predicted molar refractivity (Wildman–Crippen MR) is 117 cm³/mol. The van der Waals surface area contributed by atoms with Crippen LogP contribution in [0.2, 0.25) is 0 Å². The van der Waals surface area contributed by atoms with E-state index < -0.39 is 16.3 Å². The molecule has 1 fully saturated rings. The van der Waals surface area contributed by atoms with Crippen LogP contribution in [0.3, 0.4) is 0 Å². The number of aliphatic hydroxyl groups excluding tert-OH is 1. The van der Waals surface area contributed by atoms with Gasteiger partial charge in [-0.25, -0.2) is 8.42 Å². The van der Waals surface area contributed by atoms with Crippen molar-refractivity contribution < 1.29 is 32.5 Å². The van der Waals surface area contributed by atoms with Gasteiger partial charge in [0.05, 0.1) is 25.2 Å². The van der Waals surface area contributed by atoms with Crippen molar-refractivity contribution in [1.82, 2.24) is 9.62 Å². The van der Waals surface area contributed by atoms with Gasteiger partial charge in [-0.1, -0.05) is 6.92 Å². The molecule has 0 aromatic heterocycles. The summed E-state index contributed by atoms with van der Waals surface area (Å²) >= 11 is 0. The summed E-state index contributed by atoms with van der Waals surface area (Å²) in [6, 6.07) is 6.06. The van der Waals surface area contributed by atoms with E-state index >= 15 is 0 Å². The quantitative estimate of drug-likeness (QED) is 0.478. The van der Waals surface area contributed by atoms with Gasteiger partial charge >= 0.3 is 0 Å². The lowest BCUT2D eigenvalue weighted by Crippen LogP contribution is -2.38. The standard InChI is InChI=1S/C22H32N2O7S/c1-16-13-20(22(26)23-15-17-3-4-17)31-21(14-16)30-12-10-24(9-11-25)32(27,28)19-7-5-18(29-2)6-8-19/h5-8,13,16-17,21,25H,3-4,9-12,14-15H2,1-2H3,(H,23,26)/t16-,21+/m1/s1. The van der Waals surface area contributed by atoms with Gasteiger partial charge in [0.25, 0.3) is 5.91 Å². The summed E-state index contributed by atoms with van der Waals surface area (Å²) in [6.45, 7) is 2.34. The number of nitrogens with one attached hydrogen (secondary N) is 1. The van der Waals surface area contributed by atoms with Gasteiger partial charge in [0.1, 0.15) is 5.75 Å². The second-order valence-electron chi connectivity index (χ2n) is 8.12. The molecule has 1 aliphatic carbocycles. The summed E-state index contributed by atoms with van der Waals surface area (Å²) in [4.78, 5) is 12.4. The van der Waals surface area contributed by atoms with Crippen molar-refractivity contribution in [3.63, 3.8) is 0 Å². The lowest BCUT2D eigenvalue weighted by molar-refractivity contribution is -0.148. The maximum absolute atomic E-state index is 13.0. The van der Waals surface area contributed by atoms with Crippen LogP contribution in [0.4, 0.5) is 0 Å². The van der Waals surface area contributed by atoms with E-state index in [2.05, 4.69) is 5.32 Å². The Balaban J connectivity index is 1.55. The fraction of sp³-hybridized carbons (Fsp3) is 0.591. The first-order chi connectivity index (χ1) is 15.3. The molecule has 0 bridgehead atoms. The van der Waals surface area contributed by atoms with Gasteiger partial charge in [0.2, 0.25) is 16.3 Å². The van der Waals surface area contributed by atoms with Crippen LogP contribution in [-0.4, -0.2) is 70.0 Å². The number of hydrogen-bond acceptors (Lipinski definition) is 7. The van der Waals surface area contributed by atoms with Crippen LogP contribution in [-0.2, 0) is 24.3 Å². The number of sulfonamides is 1. The minimum atomic E-state index is -3.81. The van der Waals surface area contributed by atoms with E-state index in [0.717, 1.165) is 12.8 Å². The van der Waals surface area contributed by atoms with Crippen molar-refractivity contribution in [2.45, 2.75) is 37.4 Å². The summed E-state index contributed by atoms with van der Waals surface area (Å²) in [5.74, 6) is 1.20. The molecule has 1 aromatic carbocycles. The summed E-state index contributed by atoms with van der Waals surface area (Å²) in [5.41, 5.74) is 0. The predicted octanol–water partition coefficient (Wildman–Crippen LogP) is 1.49. The SMILES string of the molecule is COc1ccc(S(=O)(=O)N(CCO)CCO[C@@H]2C[C@H](C)C=C(C(=O)NCC3CC3)O2)cc1. The topological polar surface area (TPSA) is 114 Å². The van der Waals surface area contributed by atoms with Crippen LogP contribution < -0.4 is 10.1 Å². The van der Waals surface area contributed by atoms with Crippen LogP contribution in [0.5, 0.6) is 5.75 Å². The largest absolute Gasteiger partial charge is 0.497 e. The van der Waals surface area contributed by atoms with Gasteiger partial charge in [0.15, 0.2) is 5.76 Å². The zero-order valence-corrected chi connectivity index (χ0v) is 19.3. The number of methoxy groups -OCH3 is 1. The van der Waals surface area contributed by atoms with E-state index in [4.69, 9.17) is 14.2 Å². The Bertz CT molecular complexity index is 897. The number of benzene rings is 1. The summed E-state index contributed by atoms with van der Waals surface area (Å²) in [5, 5.41) is 12.2. The molecule has 1 heterocycles. The number of carbonyl (C=O) groups excluding carboxylic acids is 1. The van der Waals surface area contributed by atoms with E-state index in [-0.39, 0.29) is 48.8 Å². The first-order valence-corrected chi connectivity index (χ1v) is 12.3. The number of amides is 1. The maximum Gasteiger partial charge on any atom is 0.286 e. The average Bonchev–Trinajstić information content (AvgIpc) is 3.61. The highest BCUT2D eigenvalue weighted by molar-refractivity contribution is 7.89. The Morgan fingerprint density at radius 2 is 1.97 bits per heavy atom. The molecule has 10 heteroatoms. The molecule has 2 aliphatic rings. The highest BCUT2D eigenvalue weighted by Crippen LogP contribution is 2.28. The molecule has 1 aliphatic heterocycles. The molecule has 1 amide bonds. The van der Waals surface area contributed by atoms with Crippen molar-refractivity contribution in [3.8, 4) is 5.75 Å². The van der Waals surface area contributed by atoms with Crippen LogP contribution in [0, 0.1) is 11.8 Å². The fourth-order valence-corrected chi connectivity index (χ4v) is 4.80. The lowest BCUT2D eigenvalue weighted by Gasteiger charge is -2.28. The third-order valence-electron chi connectivity index (χ3n) is 5.42. The molecule has 0 saturated heterocycles. The molecular weight excluding hydrogens is 436 g/mol. The second kappa shape index (κ2) is 11.1. The van der Waals surface area contributed by atoms with Crippen LogP contribution in [0.25, 0.3) is 0 Å². The molecule has 178 valence electrons. The van der Waals surface area contributed by atoms with Gasteiger partial charge in [-0.3, -0.25) is 4.79 Å². The summed E-state index contributed by atoms with van der Waals surface area (Å²) in [6.07, 6.45) is 3.99. The molecule has 32 heavy (non-hydrogen) atoms. The smallest absolute Gasteiger partial charge is 0.286 e. The van der Waals surface area contributed by atoms with Crippen LogP contribution >= 0.6 is 0 Å². The third-order valence-corrected chi connectivity index (χ3v) is 7.33. The normalized spacial score (nSPS) is 21.1. The van der Waals surface area contributed by atoms with Gasteiger partial charge in [-0.2, -0.15) is 4.31 Å². The van der Waals surface area contributed by atoms with Gasteiger partial charge in [-0.15, -0.1) is 0 Å². The Morgan fingerprint density at radius 3 is 2.59 bits per heavy atom. The van der Waals surface area contributed by atoms with Crippen molar-refractivity contribution in [3.05, 3.63) is 36.1 Å². The van der Waals surface area contributed by atoms with Crippen molar-refractivity contribution >= 4 is 15.9 Å². The molecule has 0 unspecified atom stereocenters. The first kappa shape index (κ1) is 24.5. The number of rotatable bonds is 12. The molecule has 2 atom stereocenters. The summed E-state index contributed by atoms with van der Waals surface area (Å²) in [7, 11) is -2.31. The molecule has 9 nitrogen and oxygen atoms in total. The number of ether oxygens (including phenoxy) is 3. The van der Waals surface area contributed by atoms with Crippen molar-refractivity contribution in [2.75, 3.05) is 40.0 Å². The zero-order valence-electron chi connectivity index (χ0n) is 18.5. The monoisotopic (exact) mass is 468 g/mol. The second-order valence-corrected chi connectivity index (χ2v) is 10.1. The number of aliphatic hydroxyl groups is 1. The molecule has 1 aromatic rings. The third kappa shape index (κ3) is 6.68. The number of nitrogens with zero attached hydrogens (tertiary/aromatic N) is 1. The van der Waals surface area contributed by atoms with Gasteiger partial charge in [0, 0.05) is 26.1 Å². The Labute approximate surface area is 189 Å². The minimum Gasteiger partial charge on any atom is -0.497 e. The highest BCUT2D eigenvalue weighted by Gasteiger charge is 2.29. The minimum absolute atomic E-state index is 0.0378. The Kier molecular flexibility index (Phi) is 8.52. The van der Waals surface area contributed by atoms with E-state index in [9.17, 15) is 18.3 Å². The van der Waals surface area contributed by atoms with Crippen LogP contribution in [0.1, 0.15) is 26.2 Å². The number of allylic oxidation sites excluding steroid dienone is 1. The molecule has 2 N–H and O–H groups in total. The zero-order chi connectivity index (χ0) is 23.1. The van der Waals surface area contributed by atoms with Gasteiger partial charge in [-0.05, 0) is 55.0 Å². The fourth-order valence-electron chi connectivity index (χ4n) is 3.38. The van der Waals surface area contributed by atoms with Crippen molar-refractivity contribution in [2.24, 2.45) is 11.8 Å². The molecule has 0 spiro atoms. The van der Waals surface area contributed by atoms with Crippen LogP contribution in [0.15, 0.2) is 41.0 Å². The van der Waals surface area contributed by atoms with E-state index in [1.54, 1.807) is 18.2 Å².